The molecule has 0 bridgehead atoms. The van der Waals surface area contributed by atoms with Crippen molar-refractivity contribution >= 4 is 46.6 Å². The summed E-state index contributed by atoms with van der Waals surface area (Å²) in [5.74, 6) is -2.43. The van der Waals surface area contributed by atoms with Crippen molar-refractivity contribution in [3.63, 3.8) is 0 Å². The number of aromatic amines is 1. The third kappa shape index (κ3) is 4.59. The second-order valence-electron chi connectivity index (χ2n) is 16.6. The van der Waals surface area contributed by atoms with Crippen LogP contribution in [-0.2, 0) is 55.4 Å². The highest BCUT2D eigenvalue weighted by Gasteiger charge is 2.80. The van der Waals surface area contributed by atoms with Gasteiger partial charge in [0.1, 0.15) is 17.2 Å². The zero-order valence-electron chi connectivity index (χ0n) is 33.5. The van der Waals surface area contributed by atoms with Gasteiger partial charge in [0.15, 0.2) is 6.10 Å². The van der Waals surface area contributed by atoms with Crippen LogP contribution >= 0.6 is 0 Å². The summed E-state index contributed by atoms with van der Waals surface area (Å²) in [7, 11) is 5.89. The van der Waals surface area contributed by atoms with Crippen LogP contribution in [0, 0.1) is 5.41 Å². The Bertz CT molecular complexity index is 2320. The molecule has 1 amide bonds. The highest BCUT2D eigenvalue weighted by Crippen LogP contribution is 2.68. The molecule has 1 saturated carbocycles. The quantitative estimate of drug-likeness (QED) is 0.161. The number of aliphatic hydroxyl groups is 1. The van der Waals surface area contributed by atoms with E-state index in [1.165, 1.54) is 33.2 Å². The van der Waals surface area contributed by atoms with Gasteiger partial charge in [0.25, 0.3) is 0 Å². The Morgan fingerprint density at radius 1 is 1.00 bits per heavy atom. The minimum Gasteiger partial charge on any atom is -0.496 e. The van der Waals surface area contributed by atoms with Crippen molar-refractivity contribution in [1.29, 1.82) is 0 Å². The van der Waals surface area contributed by atoms with Crippen LogP contribution in [0.15, 0.2) is 48.6 Å². The molecule has 2 saturated heterocycles. The van der Waals surface area contributed by atoms with E-state index >= 15 is 4.79 Å². The Hall–Kier alpha value is -5.41. The first-order valence-corrected chi connectivity index (χ1v) is 19.9. The summed E-state index contributed by atoms with van der Waals surface area (Å²) in [4.78, 5) is 77.7. The number of likely N-dealkylation sites (N-methyl/N-ethyl adjacent to an activating group) is 1. The molecule has 15 nitrogen and oxygen atoms in total. The summed E-state index contributed by atoms with van der Waals surface area (Å²) >= 11 is 0. The molecule has 306 valence electrons. The first kappa shape index (κ1) is 38.1. The van der Waals surface area contributed by atoms with Crippen molar-refractivity contribution in [2.75, 3.05) is 52.9 Å². The van der Waals surface area contributed by atoms with E-state index in [9.17, 15) is 24.3 Å². The van der Waals surface area contributed by atoms with E-state index in [-0.39, 0.29) is 31.8 Å². The Morgan fingerprint density at radius 2 is 1.76 bits per heavy atom. The summed E-state index contributed by atoms with van der Waals surface area (Å²) in [6.07, 6.45) is 3.43. The van der Waals surface area contributed by atoms with E-state index < -0.39 is 70.0 Å². The number of carbonyl (C=O) groups is 5. The van der Waals surface area contributed by atoms with Crippen LogP contribution in [0.3, 0.4) is 0 Å². The molecule has 58 heavy (non-hydrogen) atoms. The molecule has 15 heteroatoms. The summed E-state index contributed by atoms with van der Waals surface area (Å²) in [5.41, 5.74) is -2.06. The first-order valence-electron chi connectivity index (χ1n) is 19.9. The number of cyclic esters (lactones) is 2. The molecule has 6 aliphatic rings. The second-order valence-corrected chi connectivity index (χ2v) is 16.6. The lowest BCUT2D eigenvalue weighted by Crippen LogP contribution is -2.81. The average molecular weight is 797 g/mol. The minimum absolute atomic E-state index is 0.0801. The molecular formula is C43H48N4O11. The number of aromatic nitrogens is 1. The van der Waals surface area contributed by atoms with Gasteiger partial charge in [0, 0.05) is 84.3 Å². The van der Waals surface area contributed by atoms with Gasteiger partial charge in [-0.25, -0.2) is 14.4 Å². The maximum Gasteiger partial charge on any atom is 0.418 e. The number of H-pyrrole nitrogens is 1. The second kappa shape index (κ2) is 13.0. The van der Waals surface area contributed by atoms with Crippen LogP contribution in [0.4, 0.5) is 10.5 Å². The molecule has 3 aromatic rings. The molecule has 1 aliphatic carbocycles. The van der Waals surface area contributed by atoms with Crippen molar-refractivity contribution in [1.82, 2.24) is 14.8 Å². The van der Waals surface area contributed by atoms with Gasteiger partial charge in [-0.2, -0.15) is 0 Å². The molecule has 9 rings (SSSR count). The lowest BCUT2D eigenvalue weighted by Gasteiger charge is -2.63. The normalized spacial score (nSPS) is 33.5. The largest absolute Gasteiger partial charge is 0.496 e. The smallest absolute Gasteiger partial charge is 0.418 e. The highest BCUT2D eigenvalue weighted by molar-refractivity contribution is 5.98. The van der Waals surface area contributed by atoms with Crippen LogP contribution in [0.2, 0.25) is 0 Å². The maximum absolute atomic E-state index is 15.0. The SMILES string of the molecule is CC[C@]12C=CCN3CC[C@@]4(c5cc([C@@]6(C(=O)OC)CCCN7C(=O)OC(=O)[C@@H]7Cc7c6[nH]c6ccccc76)c(OC)cc5N(C)[C@H]4[C@@](O)(C(=O)OC)[C@@H]1OC(C)=O)[C@@H]32. The Labute approximate surface area is 335 Å². The number of hydrogen-bond donors (Lipinski definition) is 2. The van der Waals surface area contributed by atoms with Gasteiger partial charge in [-0.3, -0.25) is 19.4 Å². The predicted molar refractivity (Wildman–Crippen MR) is 207 cm³/mol. The number of hydrogen-bond acceptors (Lipinski definition) is 13. The highest BCUT2D eigenvalue weighted by atomic mass is 16.6. The summed E-state index contributed by atoms with van der Waals surface area (Å²) in [5, 5.41) is 14.0. The fourth-order valence-electron chi connectivity index (χ4n) is 12.4. The van der Waals surface area contributed by atoms with Gasteiger partial charge in [-0.05, 0) is 55.5 Å². The van der Waals surface area contributed by atoms with E-state index in [2.05, 4.69) is 9.88 Å². The van der Waals surface area contributed by atoms with Gasteiger partial charge in [0.2, 0.25) is 5.60 Å². The molecule has 0 radical (unpaired) electrons. The molecule has 1 aromatic heterocycles. The maximum atomic E-state index is 15.0. The molecule has 0 unspecified atom stereocenters. The number of methoxy groups -OCH3 is 3. The number of esters is 4. The number of anilines is 1. The predicted octanol–water partition coefficient (Wildman–Crippen LogP) is 3.27. The van der Waals surface area contributed by atoms with E-state index in [0.29, 0.717) is 54.2 Å². The Morgan fingerprint density at radius 3 is 2.47 bits per heavy atom. The van der Waals surface area contributed by atoms with E-state index in [1.54, 1.807) is 0 Å². The van der Waals surface area contributed by atoms with Gasteiger partial charge in [-0.15, -0.1) is 0 Å². The molecule has 1 spiro atoms. The lowest BCUT2D eigenvalue weighted by molar-refractivity contribution is -0.228. The zero-order valence-corrected chi connectivity index (χ0v) is 33.5. The molecule has 8 atom stereocenters. The fourth-order valence-corrected chi connectivity index (χ4v) is 12.4. The summed E-state index contributed by atoms with van der Waals surface area (Å²) in [6, 6.07) is 9.17. The van der Waals surface area contributed by atoms with Crippen molar-refractivity contribution in [3.8, 4) is 5.75 Å². The van der Waals surface area contributed by atoms with Crippen molar-refractivity contribution in [2.45, 2.75) is 86.6 Å². The van der Waals surface area contributed by atoms with Gasteiger partial charge >= 0.3 is 30.0 Å². The van der Waals surface area contributed by atoms with E-state index in [4.69, 9.17) is 23.7 Å². The van der Waals surface area contributed by atoms with Crippen molar-refractivity contribution < 1.29 is 52.8 Å². The van der Waals surface area contributed by atoms with Crippen LogP contribution in [-0.4, -0.2) is 128 Å². The number of para-hydroxylation sites is 1. The number of carbonyl (C=O) groups excluding carboxylic acids is 5. The standard InChI is InChI=1S/C43H48N4O11/c1-7-40-14-10-17-46-19-16-42(34(40)46)26-21-27(31(54-4)22-29(26)45(3)35(42)43(53,38(51)56-6)36(40)57-23(2)48)41(37(50)55-5)15-11-18-47-30(33(49)58-39(47)52)20-25-24-12-8-9-13-28(24)44-32(25)41/h8-10,12-14,21-22,30,34-36,44,53H,7,11,15-20H2,1-6H3/t30-,34-,35+,36+,40+,41-,42+,43-/m0/s1. The monoisotopic (exact) mass is 796 g/mol. The number of amides is 1. The number of rotatable bonds is 6. The third-order valence-electron chi connectivity index (χ3n) is 14.4. The van der Waals surface area contributed by atoms with Gasteiger partial charge in [0.05, 0.1) is 27.4 Å². The van der Waals surface area contributed by atoms with Crippen LogP contribution in [0.1, 0.15) is 61.9 Å². The van der Waals surface area contributed by atoms with E-state index in [0.717, 1.165) is 16.5 Å². The molecule has 3 fully saturated rings. The Kier molecular flexibility index (Phi) is 8.58. The zero-order chi connectivity index (χ0) is 41.1. The average Bonchev–Trinajstić information content (AvgIpc) is 3.94. The van der Waals surface area contributed by atoms with Crippen molar-refractivity contribution in [2.24, 2.45) is 5.41 Å². The minimum atomic E-state index is -2.35. The van der Waals surface area contributed by atoms with Crippen LogP contribution in [0.5, 0.6) is 5.75 Å². The number of nitrogens with zero attached hydrogens (tertiary/aromatic N) is 3. The van der Waals surface area contributed by atoms with Gasteiger partial charge in [-0.1, -0.05) is 37.3 Å². The number of nitrogens with one attached hydrogen (secondary N) is 1. The topological polar surface area (TPSA) is 177 Å². The molecule has 5 aliphatic heterocycles. The third-order valence-corrected chi connectivity index (χ3v) is 14.4. The number of ether oxygens (including phenoxy) is 5. The number of fused-ring (bicyclic) bond motifs is 5. The molecule has 2 N–H and O–H groups in total. The van der Waals surface area contributed by atoms with Crippen LogP contribution in [0.25, 0.3) is 10.9 Å². The summed E-state index contributed by atoms with van der Waals surface area (Å²) < 4.78 is 28.6. The van der Waals surface area contributed by atoms with Crippen LogP contribution < -0.4 is 9.64 Å². The number of benzene rings is 2. The Balaban J connectivity index is 1.35. The summed E-state index contributed by atoms with van der Waals surface area (Å²) in [6.45, 7) is 4.61. The first-order chi connectivity index (χ1) is 27.8. The van der Waals surface area contributed by atoms with Gasteiger partial charge < -0.3 is 38.7 Å². The van der Waals surface area contributed by atoms with Crippen molar-refractivity contribution in [3.05, 3.63) is 70.9 Å². The van der Waals surface area contributed by atoms with E-state index in [1.807, 2.05) is 67.4 Å². The molecular weight excluding hydrogens is 748 g/mol. The lowest BCUT2D eigenvalue weighted by atomic mass is 9.47. The molecule has 6 heterocycles. The fraction of sp³-hybridized carbons (Fsp3) is 0.512. The molecule has 2 aromatic carbocycles.